The molecular formula is C27H34ClN7O. The predicted molar refractivity (Wildman–Crippen MR) is 145 cm³/mol. The van der Waals surface area contributed by atoms with Gasteiger partial charge in [-0.15, -0.1) is 0 Å². The van der Waals surface area contributed by atoms with Crippen LogP contribution in [0.4, 0.5) is 17.5 Å². The topological polar surface area (TPSA) is 98.2 Å². The van der Waals surface area contributed by atoms with Crippen LogP contribution in [0, 0.1) is 5.41 Å². The fourth-order valence-corrected chi connectivity index (χ4v) is 5.13. The van der Waals surface area contributed by atoms with Crippen LogP contribution in [-0.4, -0.2) is 63.9 Å². The number of aromatic nitrogens is 3. The summed E-state index contributed by atoms with van der Waals surface area (Å²) in [6.07, 6.45) is 6.96. The molecule has 8 nitrogen and oxygen atoms in total. The standard InChI is InChI=1S/C27H34ClN7O/c1-27-8-13-35(14-9-27)18-25(36)30-11-2-10-29-24-6-3-19(17-32-24)23-7-12-31-26(34-23)33-21-4-5-22(28)20(15-21)16-27/h3-7,12,15,17,25,30,36H,2,8-11,13-14,16,18H2,1H3,(H,29,32)(H,31,33,34). The summed E-state index contributed by atoms with van der Waals surface area (Å²) in [5, 5.41) is 21.2. The maximum atomic E-state index is 10.5. The Bertz CT molecular complexity index is 1170. The van der Waals surface area contributed by atoms with Crippen LogP contribution in [0.2, 0.25) is 5.02 Å². The minimum Gasteiger partial charge on any atom is -0.377 e. The number of nitrogens with one attached hydrogen (secondary N) is 3. The van der Waals surface area contributed by atoms with Crippen molar-refractivity contribution >= 4 is 29.1 Å². The molecule has 4 N–H and O–H groups in total. The van der Waals surface area contributed by atoms with E-state index in [1.807, 2.05) is 36.5 Å². The fraction of sp³-hybridized carbons (Fsp3) is 0.444. The Morgan fingerprint density at radius 1 is 1.08 bits per heavy atom. The van der Waals surface area contributed by atoms with E-state index in [9.17, 15) is 5.11 Å². The highest BCUT2D eigenvalue weighted by atomic mass is 35.5. The van der Waals surface area contributed by atoms with Crippen LogP contribution in [0.5, 0.6) is 0 Å². The van der Waals surface area contributed by atoms with Gasteiger partial charge >= 0.3 is 0 Å². The molecule has 9 heteroatoms. The van der Waals surface area contributed by atoms with Crippen LogP contribution in [0.25, 0.3) is 11.3 Å². The van der Waals surface area contributed by atoms with E-state index in [1.165, 1.54) is 0 Å². The molecule has 1 unspecified atom stereocenters. The van der Waals surface area contributed by atoms with Crippen LogP contribution in [0.15, 0.2) is 48.8 Å². The molecular weight excluding hydrogens is 474 g/mol. The summed E-state index contributed by atoms with van der Waals surface area (Å²) in [6, 6.07) is 11.9. The van der Waals surface area contributed by atoms with Crippen molar-refractivity contribution in [2.45, 2.75) is 38.8 Å². The van der Waals surface area contributed by atoms with E-state index in [2.05, 4.69) is 43.8 Å². The van der Waals surface area contributed by atoms with Gasteiger partial charge in [0, 0.05) is 41.8 Å². The zero-order valence-corrected chi connectivity index (χ0v) is 21.4. The number of piperidine rings is 1. The van der Waals surface area contributed by atoms with E-state index in [4.69, 9.17) is 16.6 Å². The van der Waals surface area contributed by atoms with Crippen LogP contribution in [-0.2, 0) is 6.42 Å². The third kappa shape index (κ3) is 6.31. The summed E-state index contributed by atoms with van der Waals surface area (Å²) in [5.41, 5.74) is 3.92. The van der Waals surface area contributed by atoms with Crippen molar-refractivity contribution in [3.63, 3.8) is 0 Å². The molecule has 0 aliphatic carbocycles. The minimum absolute atomic E-state index is 0.160. The monoisotopic (exact) mass is 507 g/mol. The van der Waals surface area contributed by atoms with E-state index in [0.29, 0.717) is 12.5 Å². The lowest BCUT2D eigenvalue weighted by Crippen LogP contribution is -2.46. The Morgan fingerprint density at radius 2 is 1.94 bits per heavy atom. The zero-order valence-electron chi connectivity index (χ0n) is 20.7. The number of aliphatic hydroxyl groups excluding tert-OH is 1. The molecule has 0 spiro atoms. The summed E-state index contributed by atoms with van der Waals surface area (Å²) >= 11 is 6.63. The number of hydrogen-bond acceptors (Lipinski definition) is 8. The first-order valence-electron chi connectivity index (χ1n) is 12.7. The number of rotatable bonds is 0. The molecule has 1 aromatic carbocycles. The van der Waals surface area contributed by atoms with E-state index >= 15 is 0 Å². The van der Waals surface area contributed by atoms with Gasteiger partial charge in [-0.25, -0.2) is 15.0 Å². The highest BCUT2D eigenvalue weighted by Gasteiger charge is 2.31. The van der Waals surface area contributed by atoms with E-state index in [-0.39, 0.29) is 5.41 Å². The number of hydrogen-bond donors (Lipinski definition) is 4. The van der Waals surface area contributed by atoms with Crippen LogP contribution < -0.4 is 16.0 Å². The lowest BCUT2D eigenvalue weighted by atomic mass is 9.75. The van der Waals surface area contributed by atoms with Gasteiger partial charge in [-0.2, -0.15) is 0 Å². The molecule has 0 amide bonds. The first-order chi connectivity index (χ1) is 17.5. The summed E-state index contributed by atoms with van der Waals surface area (Å²) in [6.45, 7) is 6.43. The quantitative estimate of drug-likeness (QED) is 0.357. The molecule has 3 aromatic rings. The van der Waals surface area contributed by atoms with Crippen LogP contribution >= 0.6 is 11.6 Å². The van der Waals surface area contributed by atoms with Gasteiger partial charge in [0.1, 0.15) is 12.0 Å². The minimum atomic E-state index is -0.526. The zero-order chi connectivity index (χ0) is 25.0. The van der Waals surface area contributed by atoms with Crippen molar-refractivity contribution in [3.8, 4) is 11.3 Å². The molecule has 0 saturated carbocycles. The van der Waals surface area contributed by atoms with Crippen molar-refractivity contribution in [3.05, 3.63) is 59.4 Å². The highest BCUT2D eigenvalue weighted by Crippen LogP contribution is 2.37. The number of nitrogens with zero attached hydrogens (tertiary/aromatic N) is 4. The largest absolute Gasteiger partial charge is 0.377 e. The fourth-order valence-electron chi connectivity index (χ4n) is 4.94. The second-order valence-electron chi connectivity index (χ2n) is 10.2. The summed E-state index contributed by atoms with van der Waals surface area (Å²) in [4.78, 5) is 16.0. The maximum Gasteiger partial charge on any atom is 0.227 e. The van der Waals surface area contributed by atoms with Gasteiger partial charge in [0.2, 0.25) is 5.95 Å². The summed E-state index contributed by atoms with van der Waals surface area (Å²) in [7, 11) is 0. The van der Waals surface area contributed by atoms with Crippen molar-refractivity contribution in [1.29, 1.82) is 0 Å². The lowest BCUT2D eigenvalue weighted by molar-refractivity contribution is 0.0490. The molecule has 36 heavy (non-hydrogen) atoms. The number of benzene rings is 1. The van der Waals surface area contributed by atoms with E-state index < -0.39 is 6.23 Å². The van der Waals surface area contributed by atoms with Gasteiger partial charge in [0.15, 0.2) is 0 Å². The first kappa shape index (κ1) is 24.9. The second kappa shape index (κ2) is 11.1. The van der Waals surface area contributed by atoms with Crippen molar-refractivity contribution in [1.82, 2.24) is 25.2 Å². The number of halogens is 1. The van der Waals surface area contributed by atoms with E-state index in [0.717, 1.165) is 85.2 Å². The van der Waals surface area contributed by atoms with Gasteiger partial charge in [0.05, 0.1) is 5.69 Å². The lowest BCUT2D eigenvalue weighted by Gasteiger charge is -2.40. The van der Waals surface area contributed by atoms with Crippen molar-refractivity contribution < 1.29 is 5.11 Å². The molecule has 2 aromatic heterocycles. The molecule has 5 aliphatic heterocycles. The Balaban J connectivity index is 1.40. The number of pyridine rings is 1. The van der Waals surface area contributed by atoms with Crippen molar-refractivity contribution in [2.75, 3.05) is 43.4 Å². The van der Waals surface area contributed by atoms with Gasteiger partial charge in [-0.05, 0) is 92.7 Å². The summed E-state index contributed by atoms with van der Waals surface area (Å²) < 4.78 is 0. The molecule has 1 fully saturated rings. The molecule has 5 aliphatic rings. The average Bonchev–Trinajstić information content (AvgIpc) is 2.87. The number of anilines is 3. The molecule has 8 bridgehead atoms. The highest BCUT2D eigenvalue weighted by molar-refractivity contribution is 6.31. The molecule has 1 saturated heterocycles. The normalized spacial score (nSPS) is 25.1. The maximum absolute atomic E-state index is 10.5. The second-order valence-corrected chi connectivity index (χ2v) is 10.6. The third-order valence-corrected chi connectivity index (χ3v) is 7.54. The summed E-state index contributed by atoms with van der Waals surface area (Å²) in [5.74, 6) is 1.35. The van der Waals surface area contributed by atoms with Gasteiger partial charge in [-0.3, -0.25) is 10.2 Å². The number of aliphatic hydroxyl groups is 1. The predicted octanol–water partition coefficient (Wildman–Crippen LogP) is 4.30. The van der Waals surface area contributed by atoms with Crippen LogP contribution in [0.3, 0.4) is 0 Å². The van der Waals surface area contributed by atoms with Gasteiger partial charge in [0.25, 0.3) is 0 Å². The van der Waals surface area contributed by atoms with Crippen LogP contribution in [0.1, 0.15) is 31.7 Å². The first-order valence-corrected chi connectivity index (χ1v) is 13.1. The van der Waals surface area contributed by atoms with Crippen molar-refractivity contribution in [2.24, 2.45) is 5.41 Å². The molecule has 1 atom stereocenters. The Labute approximate surface area is 217 Å². The van der Waals surface area contributed by atoms with E-state index in [1.54, 1.807) is 6.20 Å². The third-order valence-electron chi connectivity index (χ3n) is 7.17. The average molecular weight is 508 g/mol. The Morgan fingerprint density at radius 3 is 2.75 bits per heavy atom. The molecule has 190 valence electrons. The van der Waals surface area contributed by atoms with Gasteiger partial charge < -0.3 is 15.7 Å². The molecule has 8 rings (SSSR count). The SMILES string of the molecule is CC12CCN(CC1)CC(O)NCCCNc1ccc(cn1)-c1ccnc(n1)Nc1ccc(Cl)c(c1)C2. The molecule has 0 radical (unpaired) electrons. The Hall–Kier alpha value is -2.78. The molecule has 7 heterocycles. The smallest absolute Gasteiger partial charge is 0.227 e. The van der Waals surface area contributed by atoms with Gasteiger partial charge in [-0.1, -0.05) is 18.5 Å². The Kier molecular flexibility index (Phi) is 7.67.